The summed E-state index contributed by atoms with van der Waals surface area (Å²) in [4.78, 5) is 42.4. The van der Waals surface area contributed by atoms with Gasteiger partial charge in [-0.25, -0.2) is 9.59 Å². The topological polar surface area (TPSA) is 361 Å². The Bertz CT molecular complexity index is 1400. The van der Waals surface area contributed by atoms with E-state index in [2.05, 4.69) is 15.3 Å². The molecule has 53 heavy (non-hydrogen) atoms. The van der Waals surface area contributed by atoms with Crippen LogP contribution in [0.1, 0.15) is 12.5 Å². The summed E-state index contributed by atoms with van der Waals surface area (Å²) in [5.74, 6) is -3.55. The van der Waals surface area contributed by atoms with Crippen molar-refractivity contribution in [3.63, 3.8) is 0 Å². The standard InChI is InChI=1S/C30H44N4O19/c1-12(36)34-19-21(42)20(41)14(7-35)50-28(19)51-24-25(44)30(46,11-48-10-17(39)40)29(53-26(24)31)52-23-15(8-47-9-16(37)38)49-27(45)18(22(23)43)33-6-13-2-4-32-5-3-13/h2-6,14-15,18-29,35,41-46H,7-11,31H2,1H3,(H,34,36)(H,37,38)(H,39,40)/t14-,15-,18-,19-,20-,21-,22-,23-,24+,25+,26?,27-,28+,29-,30-/m1/s1. The quantitative estimate of drug-likeness (QED) is 0.0697. The highest BCUT2D eigenvalue weighted by molar-refractivity contribution is 5.79. The maximum Gasteiger partial charge on any atom is 0.329 e. The molecule has 0 saturated carbocycles. The smallest absolute Gasteiger partial charge is 0.329 e. The van der Waals surface area contributed by atoms with Crippen LogP contribution in [0.3, 0.4) is 0 Å². The Morgan fingerprint density at radius 2 is 1.60 bits per heavy atom. The number of nitrogens with zero attached hydrogens (tertiary/aromatic N) is 2. The fourth-order valence-corrected chi connectivity index (χ4v) is 5.85. The van der Waals surface area contributed by atoms with Crippen molar-refractivity contribution >= 4 is 24.1 Å². The Kier molecular flexibility index (Phi) is 15.0. The van der Waals surface area contributed by atoms with Crippen molar-refractivity contribution in [1.29, 1.82) is 0 Å². The Morgan fingerprint density at radius 1 is 0.943 bits per heavy atom. The summed E-state index contributed by atoms with van der Waals surface area (Å²) in [6.07, 6.45) is -17.3. The van der Waals surface area contributed by atoms with Crippen molar-refractivity contribution in [2.75, 3.05) is 33.0 Å². The summed E-state index contributed by atoms with van der Waals surface area (Å²) >= 11 is 0. The van der Waals surface area contributed by atoms with E-state index >= 15 is 0 Å². The number of carbonyl (C=O) groups is 3. The Morgan fingerprint density at radius 3 is 2.23 bits per heavy atom. The van der Waals surface area contributed by atoms with E-state index in [0.29, 0.717) is 5.56 Å². The molecule has 3 aliphatic rings. The van der Waals surface area contributed by atoms with Gasteiger partial charge in [-0.05, 0) is 17.7 Å². The Balaban J connectivity index is 1.65. The van der Waals surface area contributed by atoms with Gasteiger partial charge >= 0.3 is 11.9 Å². The van der Waals surface area contributed by atoms with Crippen molar-refractivity contribution in [2.45, 2.75) is 98.5 Å². The molecule has 4 rings (SSSR count). The number of carbonyl (C=O) groups excluding carboxylic acids is 1. The molecule has 1 amide bonds. The third kappa shape index (κ3) is 10.4. The van der Waals surface area contributed by atoms with Gasteiger partial charge in [0.15, 0.2) is 24.5 Å². The molecular formula is C30H44N4O19. The number of carboxylic acids is 2. The number of ether oxygens (including phenoxy) is 7. The Labute approximate surface area is 300 Å². The molecule has 298 valence electrons. The van der Waals surface area contributed by atoms with Crippen LogP contribution in [-0.4, -0.2) is 200 Å². The predicted molar refractivity (Wildman–Crippen MR) is 168 cm³/mol. The van der Waals surface area contributed by atoms with Crippen LogP contribution in [0.5, 0.6) is 0 Å². The fourth-order valence-electron chi connectivity index (χ4n) is 5.85. The van der Waals surface area contributed by atoms with E-state index in [0.717, 1.165) is 6.92 Å². The number of aliphatic imine (C=N–C) groups is 1. The van der Waals surface area contributed by atoms with Crippen LogP contribution in [0.15, 0.2) is 29.5 Å². The van der Waals surface area contributed by atoms with E-state index in [1.165, 1.54) is 18.6 Å². The minimum Gasteiger partial charge on any atom is -0.480 e. The molecule has 3 saturated heterocycles. The number of aliphatic hydroxyl groups excluding tert-OH is 6. The van der Waals surface area contributed by atoms with Gasteiger partial charge in [0.1, 0.15) is 80.4 Å². The fraction of sp³-hybridized carbons (Fsp3) is 0.700. The highest BCUT2D eigenvalue weighted by atomic mass is 16.8. The number of nitrogens with two attached hydrogens (primary N) is 1. The predicted octanol–water partition coefficient (Wildman–Crippen LogP) is -6.40. The van der Waals surface area contributed by atoms with Crippen LogP contribution in [0.25, 0.3) is 0 Å². The number of hydrogen-bond donors (Lipinski definition) is 11. The van der Waals surface area contributed by atoms with E-state index in [1.807, 2.05) is 0 Å². The number of aromatic nitrogens is 1. The van der Waals surface area contributed by atoms with Gasteiger partial charge in [-0.1, -0.05) is 0 Å². The van der Waals surface area contributed by atoms with Crippen LogP contribution in [0, 0.1) is 0 Å². The maximum atomic E-state index is 11.9. The number of nitrogens with one attached hydrogen (secondary N) is 1. The first kappa shape index (κ1) is 42.4. The zero-order valence-corrected chi connectivity index (χ0v) is 28.1. The molecule has 15 atom stereocenters. The summed E-state index contributed by atoms with van der Waals surface area (Å²) in [5, 5.41) is 97.0. The lowest BCUT2D eigenvalue weighted by molar-refractivity contribution is -0.392. The molecule has 1 aromatic heterocycles. The molecule has 1 unspecified atom stereocenters. The number of carboxylic acid groups (broad SMARTS) is 2. The van der Waals surface area contributed by atoms with E-state index in [-0.39, 0.29) is 0 Å². The van der Waals surface area contributed by atoms with E-state index in [9.17, 15) is 50.1 Å². The minimum atomic E-state index is -2.83. The molecule has 1 aromatic rings. The van der Waals surface area contributed by atoms with Gasteiger partial charge in [-0.2, -0.15) is 0 Å². The second-order valence-corrected chi connectivity index (χ2v) is 12.4. The van der Waals surface area contributed by atoms with Crippen molar-refractivity contribution < 1.29 is 93.5 Å². The number of hydrogen-bond acceptors (Lipinski definition) is 20. The SMILES string of the molecule is CC(=O)N[C@H]1[C@H](O[C@@H]2C(N)O[C@@H](O[C@H]3[C@H](O)[C@@H](N=Cc4ccncc4)[C@H](O)O[C@@H]3COCC(=O)O)[C@@](O)(COCC(=O)O)[C@H]2O)O[C@H](CO)[C@@H](O)[C@@H]1O. The number of aliphatic carboxylic acids is 2. The first-order valence-corrected chi connectivity index (χ1v) is 16.1. The van der Waals surface area contributed by atoms with Gasteiger partial charge in [-0.15, -0.1) is 0 Å². The summed E-state index contributed by atoms with van der Waals surface area (Å²) < 4.78 is 38.8. The molecule has 4 heterocycles. The second kappa shape index (κ2) is 18.8. The molecular weight excluding hydrogens is 720 g/mol. The molecule has 0 spiro atoms. The lowest BCUT2D eigenvalue weighted by Crippen LogP contribution is -2.74. The molecule has 23 heteroatoms. The van der Waals surface area contributed by atoms with Crippen LogP contribution in [-0.2, 0) is 47.5 Å². The highest BCUT2D eigenvalue weighted by Gasteiger charge is 2.60. The average Bonchev–Trinajstić information content (AvgIpc) is 3.09. The normalized spacial score (nSPS) is 39.1. The maximum absolute atomic E-state index is 11.9. The van der Waals surface area contributed by atoms with Gasteiger partial charge in [0.25, 0.3) is 0 Å². The van der Waals surface area contributed by atoms with E-state index < -0.39 is 142 Å². The summed E-state index contributed by atoms with van der Waals surface area (Å²) in [6, 6.07) is 0.141. The van der Waals surface area contributed by atoms with Crippen molar-refractivity contribution in [2.24, 2.45) is 10.7 Å². The number of pyridine rings is 1. The zero-order chi connectivity index (χ0) is 39.0. The first-order valence-electron chi connectivity index (χ1n) is 16.1. The minimum absolute atomic E-state index is 0.513. The van der Waals surface area contributed by atoms with Gasteiger partial charge < -0.3 is 90.2 Å². The molecule has 0 aromatic carbocycles. The molecule has 0 aliphatic carbocycles. The third-order valence-electron chi connectivity index (χ3n) is 8.49. The van der Waals surface area contributed by atoms with Crippen molar-refractivity contribution in [3.8, 4) is 0 Å². The van der Waals surface area contributed by atoms with E-state index in [1.54, 1.807) is 12.1 Å². The highest BCUT2D eigenvalue weighted by Crippen LogP contribution is 2.37. The van der Waals surface area contributed by atoms with Crippen molar-refractivity contribution in [3.05, 3.63) is 30.1 Å². The average molecular weight is 765 g/mol. The summed E-state index contributed by atoms with van der Waals surface area (Å²) in [7, 11) is 0. The lowest BCUT2D eigenvalue weighted by Gasteiger charge is -2.52. The zero-order valence-electron chi connectivity index (χ0n) is 28.1. The number of rotatable bonds is 16. The second-order valence-electron chi connectivity index (χ2n) is 12.4. The molecule has 23 nitrogen and oxygen atoms in total. The van der Waals surface area contributed by atoms with Gasteiger partial charge in [0, 0.05) is 25.5 Å². The molecule has 3 aliphatic heterocycles. The molecule has 3 fully saturated rings. The summed E-state index contributed by atoms with van der Waals surface area (Å²) in [5.41, 5.74) is 3.89. The first-order chi connectivity index (χ1) is 25.1. The largest absolute Gasteiger partial charge is 0.480 e. The van der Waals surface area contributed by atoms with Crippen LogP contribution in [0.2, 0.25) is 0 Å². The van der Waals surface area contributed by atoms with Crippen LogP contribution < -0.4 is 11.1 Å². The molecule has 12 N–H and O–H groups in total. The molecule has 0 bridgehead atoms. The molecule has 0 radical (unpaired) electrons. The number of aliphatic hydroxyl groups is 7. The van der Waals surface area contributed by atoms with Crippen LogP contribution >= 0.6 is 0 Å². The van der Waals surface area contributed by atoms with Crippen LogP contribution in [0.4, 0.5) is 0 Å². The monoisotopic (exact) mass is 764 g/mol. The Hall–Kier alpha value is -3.37. The number of amides is 1. The lowest BCUT2D eigenvalue weighted by atomic mass is 9.88. The summed E-state index contributed by atoms with van der Waals surface area (Å²) in [6.45, 7) is -3.25. The van der Waals surface area contributed by atoms with Gasteiger partial charge in [0.05, 0.1) is 19.8 Å². The van der Waals surface area contributed by atoms with Gasteiger partial charge in [0.2, 0.25) is 5.91 Å². The van der Waals surface area contributed by atoms with E-state index in [4.69, 9.17) is 49.1 Å². The van der Waals surface area contributed by atoms with Crippen molar-refractivity contribution in [1.82, 2.24) is 10.3 Å². The van der Waals surface area contributed by atoms with Gasteiger partial charge in [-0.3, -0.25) is 14.8 Å². The third-order valence-corrected chi connectivity index (χ3v) is 8.49.